The smallest absolute Gasteiger partial charge is 0.0654 e. The van der Waals surface area contributed by atoms with Crippen molar-refractivity contribution in [3.8, 4) is 22.3 Å². The van der Waals surface area contributed by atoms with Gasteiger partial charge in [-0.15, -0.1) is 0 Å². The Kier molecular flexibility index (Phi) is 29.6. The zero-order valence-electron chi connectivity index (χ0n) is 55.6. The number of fused-ring (bicyclic) bond motifs is 10. The predicted molar refractivity (Wildman–Crippen MR) is 373 cm³/mol. The van der Waals surface area contributed by atoms with Crippen LogP contribution in [0.3, 0.4) is 0 Å². The Morgan fingerprint density at radius 1 is 0.310 bits per heavy atom. The molecule has 0 N–H and O–H groups in total. The van der Waals surface area contributed by atoms with Gasteiger partial charge in [-0.05, 0) is 0 Å². The van der Waals surface area contributed by atoms with Crippen LogP contribution in [-0.4, -0.2) is 54.2 Å². The molecule has 84 heavy (non-hydrogen) atoms. The monoisotopic (exact) mass is 1410 g/mol. The van der Waals surface area contributed by atoms with Crippen molar-refractivity contribution in [1.29, 1.82) is 0 Å². The normalized spacial score (nSPS) is 14.3. The van der Waals surface area contributed by atoms with Gasteiger partial charge < -0.3 is 0 Å². The second-order valence-corrected chi connectivity index (χ2v) is 59.0. The molecule has 5 aromatic rings. The molecule has 2 aliphatic rings. The molecule has 0 aliphatic heterocycles. The zero-order chi connectivity index (χ0) is 60.0. The average Bonchev–Trinajstić information content (AvgIpc) is 1.61. The molecular formula is C74H120F2N4S2Sn2. The molecular weight excluding hydrogens is 1280 g/mol. The van der Waals surface area contributed by atoms with Gasteiger partial charge in [0, 0.05) is 0 Å². The summed E-state index contributed by atoms with van der Waals surface area (Å²) in [7, 11) is 0. The third-order valence-corrected chi connectivity index (χ3v) is 32.8. The van der Waals surface area contributed by atoms with Crippen molar-refractivity contribution in [2.75, 3.05) is 0 Å². The van der Waals surface area contributed by atoms with Gasteiger partial charge in [-0.25, -0.2) is 0 Å². The Morgan fingerprint density at radius 2 is 0.524 bits per heavy atom. The fourth-order valence-corrected chi connectivity index (χ4v) is 25.5. The number of benzene rings is 3. The minimum Gasteiger partial charge on any atom is -0.0654 e. The molecule has 0 saturated carbocycles. The van der Waals surface area contributed by atoms with Crippen LogP contribution in [0.25, 0.3) is 44.3 Å². The number of nitrogens with zero attached hydrogens (tertiary/aromatic N) is 4. The van der Waals surface area contributed by atoms with E-state index >= 15 is 8.78 Å². The second-order valence-electron chi connectivity index (χ2n) is 29.1. The van der Waals surface area contributed by atoms with Crippen molar-refractivity contribution in [2.24, 2.45) is 0 Å². The van der Waals surface area contributed by atoms with E-state index in [1.807, 2.05) is 0 Å². The van der Waals surface area contributed by atoms with Crippen molar-refractivity contribution in [3.05, 3.63) is 46.0 Å². The fourth-order valence-electron chi connectivity index (χ4n) is 15.6. The number of halogens is 2. The average molecular weight is 1410 g/mol. The zero-order valence-corrected chi connectivity index (χ0v) is 63.0. The first-order chi connectivity index (χ1) is 40.7. The summed E-state index contributed by atoms with van der Waals surface area (Å²) in [6.07, 6.45) is 53.3. The van der Waals surface area contributed by atoms with E-state index in [9.17, 15) is 0 Å². The fraction of sp³-hybridized carbons (Fsp3) is 0.757. The quantitative estimate of drug-likeness (QED) is 0.0288. The summed E-state index contributed by atoms with van der Waals surface area (Å²) in [4.78, 5) is 15.0. The molecule has 0 spiro atoms. The van der Waals surface area contributed by atoms with Gasteiger partial charge >= 0.3 is 430 Å². The molecule has 10 heteroatoms. The molecule has 0 saturated heterocycles. The first-order valence-corrected chi connectivity index (χ1v) is 57.3. The van der Waals surface area contributed by atoms with Crippen molar-refractivity contribution in [3.63, 3.8) is 0 Å². The van der Waals surface area contributed by atoms with Crippen LogP contribution in [0.4, 0.5) is 8.78 Å². The number of aromatic nitrogens is 4. The second kappa shape index (κ2) is 35.4. The van der Waals surface area contributed by atoms with E-state index in [-0.39, 0.29) is 11.6 Å². The topological polar surface area (TPSA) is 51.6 Å². The minimum atomic E-state index is -2.94. The first kappa shape index (κ1) is 70.2. The molecule has 0 fully saturated rings. The molecule has 0 radical (unpaired) electrons. The van der Waals surface area contributed by atoms with Crippen LogP contribution in [0.5, 0.6) is 0 Å². The van der Waals surface area contributed by atoms with Crippen molar-refractivity contribution in [1.82, 2.24) is 17.5 Å². The summed E-state index contributed by atoms with van der Waals surface area (Å²) in [6, 6.07) is 5.01. The third-order valence-electron chi connectivity index (χ3n) is 20.4. The number of rotatable bonds is 46. The molecule has 470 valence electrons. The van der Waals surface area contributed by atoms with E-state index in [4.69, 9.17) is 17.5 Å². The van der Waals surface area contributed by atoms with Gasteiger partial charge in [-0.1, -0.05) is 105 Å². The Labute approximate surface area is 530 Å². The summed E-state index contributed by atoms with van der Waals surface area (Å²) in [5, 5.41) is 0. The minimum absolute atomic E-state index is 0.149. The van der Waals surface area contributed by atoms with Gasteiger partial charge in [0.05, 0.1) is 0 Å². The summed E-state index contributed by atoms with van der Waals surface area (Å²) in [5.74, 6) is -0.297. The first-order valence-electron chi connectivity index (χ1n) is 35.9. The van der Waals surface area contributed by atoms with E-state index in [0.29, 0.717) is 22.3 Å². The van der Waals surface area contributed by atoms with Crippen molar-refractivity contribution in [2.45, 2.75) is 351 Å². The van der Waals surface area contributed by atoms with Gasteiger partial charge in [0.15, 0.2) is 0 Å². The van der Waals surface area contributed by atoms with Gasteiger partial charge in [0.25, 0.3) is 0 Å². The van der Waals surface area contributed by atoms with Gasteiger partial charge in [-0.3, -0.25) is 0 Å². The summed E-state index contributed by atoms with van der Waals surface area (Å²) >= 11 is -3.31. The SMILES string of the molecule is CCCCCCCCCCCCC1(CCCCCCCCCCCC)c2c[c]([Sn]([CH3])([CH3])[CH3])c3nsnc3c2-c2c(F)c3c(c(F)c21)-c1c(c[c]([Sn]([CH3])([CH3])[CH3])c2nsnc12)C3(CCCCCCCCCCCC)CCCCCCCCCCCC. The number of hydrogen-bond acceptors (Lipinski definition) is 6. The molecule has 0 amide bonds. The Morgan fingerprint density at radius 3 is 0.750 bits per heavy atom. The molecule has 7 rings (SSSR count). The van der Waals surface area contributed by atoms with Gasteiger partial charge in [-0.2, -0.15) is 0 Å². The van der Waals surface area contributed by atoms with Crippen LogP contribution in [-0.2, 0) is 10.8 Å². The molecule has 3 aromatic carbocycles. The van der Waals surface area contributed by atoms with E-state index in [0.717, 1.165) is 110 Å². The molecule has 0 unspecified atom stereocenters. The molecule has 4 nitrogen and oxygen atoms in total. The van der Waals surface area contributed by atoms with Gasteiger partial charge in [0.2, 0.25) is 0 Å². The predicted octanol–water partition coefficient (Wildman–Crippen LogP) is 24.8. The Hall–Kier alpha value is -1.24. The molecule has 0 atom stereocenters. The number of unbranched alkanes of at least 4 members (excludes halogenated alkanes) is 36. The maximum atomic E-state index is 20.2. The van der Waals surface area contributed by atoms with Crippen LogP contribution >= 0.6 is 23.5 Å². The van der Waals surface area contributed by atoms with Crippen molar-refractivity contribution >= 4 is 89.4 Å². The van der Waals surface area contributed by atoms with Crippen LogP contribution in [0, 0.1) is 11.6 Å². The standard InChI is InChI=1S/C68H102F2N4S2.6CH3.2Sn/c1-5-9-13-17-21-25-29-33-37-41-49-67(50-42-38-34-30-26-22-18-14-10-6-2)53-45-47-55-65(73-75-71-55)57(53)59-61(67)63(69)60-58-54(46-48-56-66(58)74-76-72-56)68(62(60)64(59)70,51-43-39-35-31-27-23-19-15-11-7-3)52-44-40-36-32-28-24-20-16-12-8-4;;;;;;;;/h45-46H,5-44,49-52H2,1-4H3;6*1H3;;. The molecule has 2 aliphatic carbocycles. The maximum absolute atomic E-state index is 20.2. The summed E-state index contributed by atoms with van der Waals surface area (Å²) in [5.41, 5.74) is 8.83. The van der Waals surface area contributed by atoms with Crippen molar-refractivity contribution < 1.29 is 8.78 Å². The Bertz CT molecular complexity index is 2520. The van der Waals surface area contributed by atoms with E-state index < -0.39 is 47.6 Å². The van der Waals surface area contributed by atoms with Gasteiger partial charge in [0.1, 0.15) is 0 Å². The molecule has 2 aromatic heterocycles. The van der Waals surface area contributed by atoms with Crippen LogP contribution in [0.15, 0.2) is 12.1 Å². The molecule has 2 heterocycles. The summed E-state index contributed by atoms with van der Waals surface area (Å²) < 4.78 is 63.9. The molecule has 0 bridgehead atoms. The van der Waals surface area contributed by atoms with E-state index in [1.165, 1.54) is 247 Å². The third kappa shape index (κ3) is 17.6. The number of hydrogen-bond donors (Lipinski definition) is 0. The summed E-state index contributed by atoms with van der Waals surface area (Å²) in [6.45, 7) is 9.20. The van der Waals surface area contributed by atoms with Crippen LogP contribution < -0.4 is 7.16 Å². The van der Waals surface area contributed by atoms with E-state index in [1.54, 1.807) is 0 Å². The van der Waals surface area contributed by atoms with Crippen LogP contribution in [0.2, 0.25) is 29.6 Å². The Balaban J connectivity index is 1.39. The van der Waals surface area contributed by atoms with E-state index in [2.05, 4.69) is 69.5 Å². The van der Waals surface area contributed by atoms with Crippen LogP contribution in [0.1, 0.15) is 332 Å².